The zero-order chi connectivity index (χ0) is 34.8. The van der Waals surface area contributed by atoms with E-state index in [1.54, 1.807) is 48.5 Å². The fourth-order valence-corrected chi connectivity index (χ4v) is 6.96. The van der Waals surface area contributed by atoms with Crippen molar-refractivity contribution < 1.29 is 27.5 Å². The Hall–Kier alpha value is -4.25. The molecule has 9 nitrogen and oxygen atoms in total. The second kappa shape index (κ2) is 16.7. The Labute approximate surface area is 292 Å². The first-order valence-corrected chi connectivity index (χ1v) is 17.6. The quantitative estimate of drug-likeness (QED) is 0.146. The van der Waals surface area contributed by atoms with Crippen molar-refractivity contribution in [3.8, 4) is 11.5 Å². The summed E-state index contributed by atoms with van der Waals surface area (Å²) in [6.07, 6.45) is 0.827. The number of hydrogen-bond donors (Lipinski definition) is 1. The van der Waals surface area contributed by atoms with Crippen LogP contribution in [-0.2, 0) is 32.6 Å². The van der Waals surface area contributed by atoms with Crippen molar-refractivity contribution >= 4 is 50.7 Å². The largest absolute Gasteiger partial charge is 0.497 e. The van der Waals surface area contributed by atoms with Crippen LogP contribution in [0.4, 0.5) is 5.69 Å². The second-order valence-corrected chi connectivity index (χ2v) is 13.8. The van der Waals surface area contributed by atoms with Crippen molar-refractivity contribution in [1.82, 2.24) is 10.2 Å². The highest BCUT2D eigenvalue weighted by Crippen LogP contribution is 2.36. The zero-order valence-electron chi connectivity index (χ0n) is 27.2. The molecule has 0 saturated carbocycles. The fourth-order valence-electron chi connectivity index (χ4n) is 5.05. The molecule has 2 amide bonds. The number of rotatable bonds is 15. The molecule has 2 atom stereocenters. The molecule has 4 rings (SSSR count). The number of anilines is 1. The topological polar surface area (TPSA) is 105 Å². The van der Waals surface area contributed by atoms with Crippen LogP contribution in [0.3, 0.4) is 0 Å². The van der Waals surface area contributed by atoms with Gasteiger partial charge in [0, 0.05) is 35.1 Å². The summed E-state index contributed by atoms with van der Waals surface area (Å²) in [5.74, 6) is -0.481. The molecule has 0 aromatic heterocycles. The molecular weight excluding hydrogens is 673 g/mol. The molecule has 48 heavy (non-hydrogen) atoms. The predicted octanol–water partition coefficient (Wildman–Crippen LogP) is 6.76. The average molecular weight is 713 g/mol. The van der Waals surface area contributed by atoms with Gasteiger partial charge in [0.05, 0.1) is 24.8 Å². The summed E-state index contributed by atoms with van der Waals surface area (Å²) in [5.41, 5.74) is 1.42. The van der Waals surface area contributed by atoms with Gasteiger partial charge >= 0.3 is 0 Å². The molecule has 0 saturated heterocycles. The first kappa shape index (κ1) is 36.6. The molecule has 0 spiro atoms. The Kier molecular flexibility index (Phi) is 12.7. The molecule has 0 unspecified atom stereocenters. The van der Waals surface area contributed by atoms with Crippen molar-refractivity contribution in [1.29, 1.82) is 0 Å². The van der Waals surface area contributed by atoms with Crippen LogP contribution in [0.25, 0.3) is 0 Å². The van der Waals surface area contributed by atoms with E-state index < -0.39 is 28.5 Å². The second-order valence-electron chi connectivity index (χ2n) is 11.1. The molecule has 0 aliphatic carbocycles. The minimum absolute atomic E-state index is 0.0367. The number of amides is 2. The van der Waals surface area contributed by atoms with Crippen molar-refractivity contribution in [2.75, 3.05) is 25.1 Å². The normalized spacial score (nSPS) is 12.5. The van der Waals surface area contributed by atoms with Gasteiger partial charge in [0.1, 0.15) is 24.1 Å². The smallest absolute Gasteiger partial charge is 0.264 e. The van der Waals surface area contributed by atoms with Gasteiger partial charge in [-0.2, -0.15) is 0 Å². The Morgan fingerprint density at radius 2 is 1.54 bits per heavy atom. The van der Waals surface area contributed by atoms with Gasteiger partial charge in [-0.25, -0.2) is 8.42 Å². The number of carbonyl (C=O) groups excluding carboxylic acids is 2. The highest BCUT2D eigenvalue weighted by Gasteiger charge is 2.36. The van der Waals surface area contributed by atoms with Gasteiger partial charge in [-0.1, -0.05) is 84.7 Å². The van der Waals surface area contributed by atoms with Gasteiger partial charge in [0.2, 0.25) is 11.8 Å². The Morgan fingerprint density at radius 1 is 0.875 bits per heavy atom. The molecular formula is C36H39Cl2N3O6S. The van der Waals surface area contributed by atoms with Gasteiger partial charge in [0.15, 0.2) is 0 Å². The maximum absolute atomic E-state index is 14.7. The maximum Gasteiger partial charge on any atom is 0.264 e. The summed E-state index contributed by atoms with van der Waals surface area (Å²) in [7, 11) is -1.49. The number of nitrogens with one attached hydrogen (secondary N) is 1. The molecule has 12 heteroatoms. The van der Waals surface area contributed by atoms with E-state index in [2.05, 4.69) is 5.32 Å². The summed E-state index contributed by atoms with van der Waals surface area (Å²) in [5, 5.41) is 3.71. The summed E-state index contributed by atoms with van der Waals surface area (Å²) < 4.78 is 40.6. The van der Waals surface area contributed by atoms with Crippen LogP contribution in [-0.4, -0.2) is 58.0 Å². The van der Waals surface area contributed by atoms with Gasteiger partial charge in [-0.3, -0.25) is 13.9 Å². The Balaban J connectivity index is 1.88. The van der Waals surface area contributed by atoms with Crippen LogP contribution in [0.15, 0.2) is 102 Å². The summed E-state index contributed by atoms with van der Waals surface area (Å²) in [4.78, 5) is 30.1. The third-order valence-electron chi connectivity index (χ3n) is 7.89. The lowest BCUT2D eigenvalue weighted by Crippen LogP contribution is -2.54. The molecule has 1 N–H and O–H groups in total. The number of benzene rings is 4. The first-order chi connectivity index (χ1) is 23.0. The van der Waals surface area contributed by atoms with Gasteiger partial charge in [-0.05, 0) is 60.9 Å². The molecule has 0 heterocycles. The van der Waals surface area contributed by atoms with Gasteiger partial charge in [-0.15, -0.1) is 0 Å². The minimum atomic E-state index is -4.35. The standard InChI is InChI=1S/C36H39Cl2N3O6S/c1-5-25(2)39-36(43)33(20-26-12-8-6-9-13-26)40(23-27-16-17-28(37)21-31(27)38)35(42)24-41(48(44,45)30-14-10-7-11-15-30)32-22-29(46-3)18-19-34(32)47-4/h6-19,21-22,25,33H,5,20,23-24H2,1-4H3,(H,39,43)/t25-,33-/m0/s1. The zero-order valence-corrected chi connectivity index (χ0v) is 29.6. The number of hydrogen-bond acceptors (Lipinski definition) is 6. The van der Waals surface area contributed by atoms with Crippen LogP contribution < -0.4 is 19.1 Å². The van der Waals surface area contributed by atoms with E-state index >= 15 is 0 Å². The van der Waals surface area contributed by atoms with Crippen LogP contribution in [0.1, 0.15) is 31.4 Å². The van der Waals surface area contributed by atoms with Crippen LogP contribution >= 0.6 is 23.2 Å². The van der Waals surface area contributed by atoms with E-state index in [0.29, 0.717) is 27.8 Å². The Bertz CT molecular complexity index is 1810. The lowest BCUT2D eigenvalue weighted by atomic mass is 10.0. The van der Waals surface area contributed by atoms with Gasteiger partial charge < -0.3 is 19.7 Å². The molecule has 4 aromatic rings. The van der Waals surface area contributed by atoms with Crippen molar-refractivity contribution in [3.63, 3.8) is 0 Å². The van der Waals surface area contributed by atoms with E-state index in [1.165, 1.54) is 37.3 Å². The molecule has 0 fully saturated rings. The van der Waals surface area contributed by atoms with Crippen molar-refractivity contribution in [3.05, 3.63) is 118 Å². The fraction of sp³-hybridized carbons (Fsp3) is 0.278. The molecule has 4 aromatic carbocycles. The minimum Gasteiger partial charge on any atom is -0.497 e. The summed E-state index contributed by atoms with van der Waals surface area (Å²) in [6.45, 7) is 3.05. The SMILES string of the molecule is CC[C@H](C)NC(=O)[C@H](Cc1ccccc1)N(Cc1ccc(Cl)cc1Cl)C(=O)CN(c1cc(OC)ccc1OC)S(=O)(=O)c1ccccc1. The van der Waals surface area contributed by atoms with E-state index in [0.717, 1.165) is 9.87 Å². The highest BCUT2D eigenvalue weighted by molar-refractivity contribution is 7.92. The molecule has 0 bridgehead atoms. The number of ether oxygens (including phenoxy) is 2. The number of nitrogens with zero attached hydrogens (tertiary/aromatic N) is 2. The van der Waals surface area contributed by atoms with E-state index in [9.17, 15) is 18.0 Å². The number of sulfonamides is 1. The predicted molar refractivity (Wildman–Crippen MR) is 189 cm³/mol. The van der Waals surface area contributed by atoms with Crippen molar-refractivity contribution in [2.24, 2.45) is 0 Å². The molecule has 0 aliphatic rings. The van der Waals surface area contributed by atoms with Crippen LogP contribution in [0, 0.1) is 0 Å². The monoisotopic (exact) mass is 711 g/mol. The third-order valence-corrected chi connectivity index (χ3v) is 10.3. The lowest BCUT2D eigenvalue weighted by Gasteiger charge is -2.34. The van der Waals surface area contributed by atoms with E-state index in [1.807, 2.05) is 44.2 Å². The number of halogens is 2. The average Bonchev–Trinajstić information content (AvgIpc) is 3.09. The van der Waals surface area contributed by atoms with E-state index in [-0.39, 0.29) is 41.2 Å². The lowest BCUT2D eigenvalue weighted by molar-refractivity contribution is -0.140. The van der Waals surface area contributed by atoms with Gasteiger partial charge in [0.25, 0.3) is 10.0 Å². The molecule has 0 aliphatic heterocycles. The highest BCUT2D eigenvalue weighted by atomic mass is 35.5. The first-order valence-electron chi connectivity index (χ1n) is 15.4. The maximum atomic E-state index is 14.7. The number of methoxy groups -OCH3 is 2. The molecule has 254 valence electrons. The summed E-state index contributed by atoms with van der Waals surface area (Å²) >= 11 is 12.8. The third kappa shape index (κ3) is 9.00. The van der Waals surface area contributed by atoms with Crippen molar-refractivity contribution in [2.45, 2.75) is 50.2 Å². The Morgan fingerprint density at radius 3 is 2.15 bits per heavy atom. The van der Waals surface area contributed by atoms with Crippen LogP contribution in [0.2, 0.25) is 10.0 Å². The van der Waals surface area contributed by atoms with Crippen LogP contribution in [0.5, 0.6) is 11.5 Å². The van der Waals surface area contributed by atoms with E-state index in [4.69, 9.17) is 32.7 Å². The number of carbonyl (C=O) groups is 2. The molecule has 0 radical (unpaired) electrons. The summed E-state index contributed by atoms with van der Waals surface area (Å²) in [6, 6.07) is 25.4.